The first-order valence-electron chi connectivity index (χ1n) is 9.85. The van der Waals surface area contributed by atoms with Gasteiger partial charge in [-0.25, -0.2) is 4.79 Å². The van der Waals surface area contributed by atoms with E-state index in [1.807, 2.05) is 0 Å². The standard InChI is InChI=1S/C17H33N5O10/c18-4-2-1-3-8(19)14(28)20-5-6-21-15(29)12(26)10(24)11(25)13(27)16(30)22-9(7-23)17(31)32/h8-13,23-27H,1-7,18-19H2,(H,20,28)(H,21,29)(H,22,30)(H,31,32). The Balaban J connectivity index is 4.48. The van der Waals surface area contributed by atoms with Gasteiger partial charge in [-0.1, -0.05) is 6.42 Å². The molecule has 186 valence electrons. The summed E-state index contributed by atoms with van der Waals surface area (Å²) < 4.78 is 0. The number of unbranched alkanes of at least 4 members (excludes halogenated alkanes) is 1. The largest absolute Gasteiger partial charge is 0.480 e. The Morgan fingerprint density at radius 2 is 1.31 bits per heavy atom. The summed E-state index contributed by atoms with van der Waals surface area (Å²) >= 11 is 0. The second kappa shape index (κ2) is 15.4. The highest BCUT2D eigenvalue weighted by molar-refractivity contribution is 5.87. The Hall–Kier alpha value is -2.40. The maximum absolute atomic E-state index is 11.9. The van der Waals surface area contributed by atoms with Crippen LogP contribution in [0.25, 0.3) is 0 Å². The lowest BCUT2D eigenvalue weighted by Gasteiger charge is -2.26. The zero-order chi connectivity index (χ0) is 24.8. The zero-order valence-electron chi connectivity index (χ0n) is 17.4. The number of aliphatic hydroxyl groups is 5. The predicted molar refractivity (Wildman–Crippen MR) is 108 cm³/mol. The van der Waals surface area contributed by atoms with Gasteiger partial charge < -0.3 is 58.1 Å². The lowest BCUT2D eigenvalue weighted by Crippen LogP contribution is -2.57. The summed E-state index contributed by atoms with van der Waals surface area (Å²) in [6.07, 6.45) is -7.54. The van der Waals surface area contributed by atoms with E-state index < -0.39 is 66.8 Å². The van der Waals surface area contributed by atoms with Gasteiger partial charge in [0, 0.05) is 13.1 Å². The van der Waals surface area contributed by atoms with Crippen molar-refractivity contribution in [1.82, 2.24) is 16.0 Å². The lowest BCUT2D eigenvalue weighted by atomic mass is 10.0. The molecule has 13 N–H and O–H groups in total. The molecule has 0 aromatic rings. The number of amides is 3. The fraction of sp³-hybridized carbons (Fsp3) is 0.765. The first-order valence-corrected chi connectivity index (χ1v) is 9.85. The highest BCUT2D eigenvalue weighted by Gasteiger charge is 2.38. The van der Waals surface area contributed by atoms with Gasteiger partial charge in [0.1, 0.15) is 18.2 Å². The number of rotatable bonds is 16. The van der Waals surface area contributed by atoms with Crippen LogP contribution in [0.3, 0.4) is 0 Å². The quantitative estimate of drug-likeness (QED) is 0.0945. The molecule has 0 bridgehead atoms. The fourth-order valence-electron chi connectivity index (χ4n) is 2.37. The van der Waals surface area contributed by atoms with Crippen molar-refractivity contribution in [1.29, 1.82) is 0 Å². The Labute approximate surface area is 183 Å². The second-order valence-corrected chi connectivity index (χ2v) is 6.93. The van der Waals surface area contributed by atoms with Crippen molar-refractivity contribution in [2.75, 3.05) is 26.2 Å². The first-order chi connectivity index (χ1) is 15.0. The molecule has 15 heteroatoms. The molecular formula is C17H33N5O10. The number of carbonyl (C=O) groups excluding carboxylic acids is 3. The van der Waals surface area contributed by atoms with E-state index in [4.69, 9.17) is 21.7 Å². The Kier molecular flexibility index (Phi) is 14.3. The van der Waals surface area contributed by atoms with Crippen LogP contribution in [0.5, 0.6) is 0 Å². The lowest BCUT2D eigenvalue weighted by molar-refractivity contribution is -0.157. The number of hydrogen-bond donors (Lipinski definition) is 11. The molecular weight excluding hydrogens is 434 g/mol. The summed E-state index contributed by atoms with van der Waals surface area (Å²) in [4.78, 5) is 46.1. The fourth-order valence-corrected chi connectivity index (χ4v) is 2.37. The number of carboxylic acid groups (broad SMARTS) is 1. The van der Waals surface area contributed by atoms with Gasteiger partial charge in [0.15, 0.2) is 12.2 Å². The molecule has 0 aliphatic rings. The van der Waals surface area contributed by atoms with Gasteiger partial charge >= 0.3 is 5.97 Å². The van der Waals surface area contributed by atoms with E-state index in [2.05, 4.69) is 10.6 Å². The molecule has 0 saturated carbocycles. The molecule has 0 aliphatic carbocycles. The number of nitrogens with one attached hydrogen (secondary N) is 3. The topological polar surface area (TPSA) is 278 Å². The van der Waals surface area contributed by atoms with Crippen molar-refractivity contribution in [2.24, 2.45) is 11.5 Å². The summed E-state index contributed by atoms with van der Waals surface area (Å²) in [6.45, 7) is -0.744. The van der Waals surface area contributed by atoms with Gasteiger partial charge in [-0.05, 0) is 19.4 Å². The van der Waals surface area contributed by atoms with Crippen LogP contribution < -0.4 is 27.4 Å². The highest BCUT2D eigenvalue weighted by atomic mass is 16.4. The number of carbonyl (C=O) groups is 4. The van der Waals surface area contributed by atoms with Crippen molar-refractivity contribution in [2.45, 2.75) is 55.8 Å². The van der Waals surface area contributed by atoms with Crippen LogP contribution in [0.2, 0.25) is 0 Å². The van der Waals surface area contributed by atoms with E-state index in [9.17, 15) is 39.6 Å². The molecule has 0 fully saturated rings. The minimum atomic E-state index is -2.42. The third kappa shape index (κ3) is 10.3. The average molecular weight is 467 g/mol. The smallest absolute Gasteiger partial charge is 0.328 e. The third-order valence-electron chi connectivity index (χ3n) is 4.36. The molecule has 15 nitrogen and oxygen atoms in total. The molecule has 0 saturated heterocycles. The number of carboxylic acids is 1. The van der Waals surface area contributed by atoms with Crippen LogP contribution in [0.4, 0.5) is 0 Å². The van der Waals surface area contributed by atoms with Crippen molar-refractivity contribution in [3.8, 4) is 0 Å². The number of aliphatic carboxylic acids is 1. The molecule has 32 heavy (non-hydrogen) atoms. The van der Waals surface area contributed by atoms with Gasteiger partial charge in [0.05, 0.1) is 12.6 Å². The van der Waals surface area contributed by atoms with Gasteiger partial charge in [0.25, 0.3) is 11.8 Å². The molecule has 0 aromatic heterocycles. The maximum atomic E-state index is 11.9. The van der Waals surface area contributed by atoms with Crippen LogP contribution >= 0.6 is 0 Å². The van der Waals surface area contributed by atoms with Crippen LogP contribution in [0, 0.1) is 0 Å². The van der Waals surface area contributed by atoms with Crippen molar-refractivity contribution in [3.05, 3.63) is 0 Å². The summed E-state index contributed by atoms with van der Waals surface area (Å²) in [7, 11) is 0. The molecule has 0 spiro atoms. The number of hydrogen-bond acceptors (Lipinski definition) is 11. The number of aliphatic hydroxyl groups excluding tert-OH is 5. The van der Waals surface area contributed by atoms with Gasteiger partial charge in [-0.15, -0.1) is 0 Å². The zero-order valence-corrected chi connectivity index (χ0v) is 17.4. The monoisotopic (exact) mass is 467 g/mol. The van der Waals surface area contributed by atoms with E-state index in [0.29, 0.717) is 19.4 Å². The molecule has 3 amide bonds. The summed E-state index contributed by atoms with van der Waals surface area (Å²) in [6, 6.07) is -2.53. The van der Waals surface area contributed by atoms with Gasteiger partial charge in [-0.2, -0.15) is 0 Å². The SMILES string of the molecule is NCCCCC(N)C(=O)NCCNC(=O)C(O)C(O)C(O)C(O)C(=O)NC(CO)C(=O)O. The van der Waals surface area contributed by atoms with Crippen LogP contribution in [0.15, 0.2) is 0 Å². The summed E-state index contributed by atoms with van der Waals surface area (Å²) in [5.74, 6) is -4.71. The van der Waals surface area contributed by atoms with Crippen molar-refractivity contribution >= 4 is 23.7 Å². The van der Waals surface area contributed by atoms with Crippen LogP contribution in [-0.4, -0.2) is 117 Å². The van der Waals surface area contributed by atoms with Crippen LogP contribution in [0.1, 0.15) is 19.3 Å². The first kappa shape index (κ1) is 29.6. The van der Waals surface area contributed by atoms with E-state index in [1.165, 1.54) is 0 Å². The minimum absolute atomic E-state index is 0.0523. The molecule has 0 radical (unpaired) electrons. The van der Waals surface area contributed by atoms with Gasteiger partial charge in [-0.3, -0.25) is 14.4 Å². The molecule has 0 heterocycles. The summed E-state index contributed by atoms with van der Waals surface area (Å²) in [5, 5.41) is 63.0. The molecule has 0 aromatic carbocycles. The molecule has 0 aliphatic heterocycles. The molecule has 0 rings (SSSR count). The van der Waals surface area contributed by atoms with E-state index in [1.54, 1.807) is 5.32 Å². The summed E-state index contributed by atoms with van der Waals surface area (Å²) in [5.41, 5.74) is 11.0. The average Bonchev–Trinajstić information content (AvgIpc) is 2.77. The Bertz CT molecular complexity index is 623. The van der Waals surface area contributed by atoms with Crippen molar-refractivity contribution in [3.63, 3.8) is 0 Å². The molecule has 6 unspecified atom stereocenters. The second-order valence-electron chi connectivity index (χ2n) is 6.93. The molecule has 6 atom stereocenters. The highest BCUT2D eigenvalue weighted by Crippen LogP contribution is 2.06. The van der Waals surface area contributed by atoms with E-state index in [0.717, 1.165) is 6.42 Å². The Morgan fingerprint density at radius 3 is 1.78 bits per heavy atom. The maximum Gasteiger partial charge on any atom is 0.328 e. The van der Waals surface area contributed by atoms with Crippen LogP contribution in [-0.2, 0) is 19.2 Å². The third-order valence-corrected chi connectivity index (χ3v) is 4.36. The predicted octanol–water partition coefficient (Wildman–Crippen LogP) is -6.32. The van der Waals surface area contributed by atoms with Gasteiger partial charge in [0.2, 0.25) is 5.91 Å². The van der Waals surface area contributed by atoms with E-state index in [-0.39, 0.29) is 13.1 Å². The Morgan fingerprint density at radius 1 is 0.812 bits per heavy atom. The van der Waals surface area contributed by atoms with Crippen molar-refractivity contribution < 1.29 is 49.8 Å². The van der Waals surface area contributed by atoms with E-state index >= 15 is 0 Å². The minimum Gasteiger partial charge on any atom is -0.480 e. The number of nitrogens with two attached hydrogens (primary N) is 2. The normalized spacial score (nSPS) is 16.7.